The van der Waals surface area contributed by atoms with E-state index in [1.54, 1.807) is 0 Å². The number of hydrogen-bond acceptors (Lipinski definition) is 45. The second-order valence-corrected chi connectivity index (χ2v) is 28.2. The summed E-state index contributed by atoms with van der Waals surface area (Å²) in [5.74, 6) is -14.6. The first kappa shape index (κ1) is 93.8. The number of carboxylic acids is 2. The highest BCUT2D eigenvalue weighted by Gasteiger charge is 2.64. The topological polar surface area (TPSA) is 815 Å². The molecule has 8 aliphatic heterocycles. The molecule has 113 heavy (non-hydrogen) atoms. The van der Waals surface area contributed by atoms with Gasteiger partial charge in [0.1, 0.15) is 183 Å². The van der Waals surface area contributed by atoms with Crippen LogP contribution in [0.25, 0.3) is 0 Å². The highest BCUT2D eigenvalue weighted by atomic mass is 16.8. The zero-order chi connectivity index (χ0) is 84.1. The number of aliphatic hydroxyl groups excluding tert-OH is 24. The first-order valence-electron chi connectivity index (χ1n) is 35.4. The molecule has 42 atom stereocenters. The molecular weight excluding hydrogens is 1550 g/mol. The molecule has 8 rings (SSSR count). The van der Waals surface area contributed by atoms with Crippen LogP contribution in [0.4, 0.5) is 0 Å². The lowest BCUT2D eigenvalue weighted by molar-refractivity contribution is -0.392. The minimum Gasteiger partial charge on any atom is -0.477 e. The molecule has 0 spiro atoms. The van der Waals surface area contributed by atoms with Gasteiger partial charge in [0.15, 0.2) is 37.7 Å². The number of hydrogen-bond donors (Lipinski definition) is 30. The number of amides is 4. The SMILES string of the molecule is CC(=O)N[C@H]1[C@H](OC[C@H]2O[C@@H](O[C@H]3[C@H](O)[C@@H](O)[C@H](O)O[C@@H]3CO)[C@H](O)[C@@H](O[C@@H]3O[C@H](CO)[C@@H](O[C@@H]4O[C@H](CO)[C@H](O)[C@H](O[C@]5(C(=O)O)C[C@H](O)[C@@H](NC(C)=O)[C@H]([C@H](O)[C@H](O)CO)O5)[C@H]4O)[C@H](O)[C@H]3NC(C)=O)[C@H]2O)O[C@H](CO)[C@@H](O[C@@H]2O[C@H](CO)[C@H](O)[C@H](O[C@]3(C(=O)O)C[C@H](O)[C@@H](NC(C)=O)[C@H]([C@H](O)[C@H](O)CO)O3)[C@H]2O)[C@@H]1O. The Morgan fingerprint density at radius 3 is 1.04 bits per heavy atom. The van der Waals surface area contributed by atoms with E-state index in [0.717, 1.165) is 27.7 Å². The van der Waals surface area contributed by atoms with Crippen molar-refractivity contribution in [2.45, 2.75) is 297 Å². The fourth-order valence-corrected chi connectivity index (χ4v) is 14.4. The molecule has 51 nitrogen and oxygen atoms in total. The van der Waals surface area contributed by atoms with E-state index in [-0.39, 0.29) is 0 Å². The van der Waals surface area contributed by atoms with Crippen LogP contribution in [-0.4, -0.2) is 478 Å². The maximum atomic E-state index is 13.2. The summed E-state index contributed by atoms with van der Waals surface area (Å²) >= 11 is 0. The Morgan fingerprint density at radius 2 is 0.673 bits per heavy atom. The Morgan fingerprint density at radius 1 is 0.363 bits per heavy atom. The molecule has 0 aromatic rings. The fraction of sp³-hybridized carbons (Fsp3) is 0.903. The molecule has 4 amide bonds. The minimum atomic E-state index is -3.29. The maximum absolute atomic E-state index is 13.2. The van der Waals surface area contributed by atoms with Gasteiger partial charge in [-0.2, -0.15) is 0 Å². The van der Waals surface area contributed by atoms with Gasteiger partial charge in [0.2, 0.25) is 23.6 Å². The van der Waals surface area contributed by atoms with E-state index >= 15 is 0 Å². The van der Waals surface area contributed by atoms with Crippen LogP contribution in [0, 0.1) is 0 Å². The smallest absolute Gasteiger partial charge is 0.364 e. The summed E-state index contributed by atoms with van der Waals surface area (Å²) in [6.07, 6.45) is -82.0. The monoisotopic (exact) mass is 1650 g/mol. The number of ether oxygens (including phenoxy) is 15. The zero-order valence-corrected chi connectivity index (χ0v) is 60.4. The Kier molecular flexibility index (Phi) is 33.1. The van der Waals surface area contributed by atoms with E-state index in [1.807, 2.05) is 0 Å². The highest BCUT2D eigenvalue weighted by Crippen LogP contribution is 2.43. The van der Waals surface area contributed by atoms with Crippen LogP contribution in [-0.2, 0) is 99.8 Å². The summed E-state index contributed by atoms with van der Waals surface area (Å²) in [6, 6.07) is -7.50. The van der Waals surface area contributed by atoms with E-state index in [9.17, 15) is 162 Å². The normalized spacial score (nSPS) is 45.6. The lowest BCUT2D eigenvalue weighted by Crippen LogP contribution is -2.71. The van der Waals surface area contributed by atoms with Crippen LogP contribution in [0.1, 0.15) is 40.5 Å². The second kappa shape index (κ2) is 39.9. The Balaban J connectivity index is 1.06. The van der Waals surface area contributed by atoms with Gasteiger partial charge in [-0.15, -0.1) is 0 Å². The largest absolute Gasteiger partial charge is 0.477 e. The molecule has 8 fully saturated rings. The Labute approximate surface area is 637 Å². The number of carbonyl (C=O) groups is 6. The molecule has 30 N–H and O–H groups in total. The molecule has 0 aromatic heterocycles. The van der Waals surface area contributed by atoms with Crippen LogP contribution in [0.3, 0.4) is 0 Å². The summed E-state index contributed by atoms with van der Waals surface area (Å²) in [5.41, 5.74) is 0. The third kappa shape index (κ3) is 20.6. The molecule has 652 valence electrons. The number of carboxylic acid groups (broad SMARTS) is 2. The van der Waals surface area contributed by atoms with Crippen molar-refractivity contribution in [2.24, 2.45) is 0 Å². The quantitative estimate of drug-likeness (QED) is 0.0297. The predicted molar refractivity (Wildman–Crippen MR) is 345 cm³/mol. The van der Waals surface area contributed by atoms with Gasteiger partial charge < -0.3 is 225 Å². The third-order valence-electron chi connectivity index (χ3n) is 20.2. The molecule has 51 heteroatoms. The number of carbonyl (C=O) groups excluding carboxylic acids is 4. The van der Waals surface area contributed by atoms with Crippen molar-refractivity contribution in [1.82, 2.24) is 21.3 Å². The van der Waals surface area contributed by atoms with Gasteiger partial charge in [0.25, 0.3) is 11.6 Å². The van der Waals surface area contributed by atoms with Gasteiger partial charge in [-0.05, 0) is 0 Å². The second-order valence-electron chi connectivity index (χ2n) is 28.2. The Hall–Kier alpha value is -4.74. The van der Waals surface area contributed by atoms with Crippen molar-refractivity contribution in [3.63, 3.8) is 0 Å². The molecule has 0 bridgehead atoms. The standard InChI is InChI=1S/C62H102N4O47/c1-15(74)63-29-19(78)5-61(59(95)96,110-48(29)33(82)21(80)7-67)112-51-35(84)23(9-69)101-57(43(51)92)106-45-26(12-72)103-54(31(38(45)87)65-17(3)76)99-14-28-37(86)50(42(91)56(105-28)108-47-25(11-71)100-53(94)41(90)40(47)89)109-55-32(66-18(4)77)39(88)46(27(13-73)104-55)107-58-44(93)52(36(85)24(10-70)102-58)113-62(60(97)98)6-20(79)30(64-16(2)75)49(111-62)34(83)22(81)8-68/h19-58,67-73,78-94H,5-14H2,1-4H3,(H,63,74)(H,64,75)(H,65,76)(H,66,77)(H,95,96)(H,97,98)/t19-,20-,21+,22+,23+,24+,25+,26+,27+,28+,29+,30+,31+,32+,33+,34+,35-,36-,37-,38+,39+,40+,41+,42+,43+,44+,45+,46+,47+,48+,49+,50-,51-,52-,53+,54+,55-,56-,57-,58-,61-,62-/m0/s1. The van der Waals surface area contributed by atoms with Crippen molar-refractivity contribution in [1.29, 1.82) is 0 Å². The molecule has 0 radical (unpaired) electrons. The minimum absolute atomic E-state index is 0.869. The van der Waals surface area contributed by atoms with Gasteiger partial charge in [-0.3, -0.25) is 19.2 Å². The molecule has 8 heterocycles. The third-order valence-corrected chi connectivity index (χ3v) is 20.2. The summed E-state index contributed by atoms with van der Waals surface area (Å²) in [4.78, 5) is 76.8. The number of rotatable bonds is 32. The lowest BCUT2D eigenvalue weighted by atomic mass is 9.88. The first-order chi connectivity index (χ1) is 53.1. The van der Waals surface area contributed by atoms with Crippen LogP contribution in [0.2, 0.25) is 0 Å². The predicted octanol–water partition coefficient (Wildman–Crippen LogP) is -19.5. The first-order valence-corrected chi connectivity index (χ1v) is 35.4. The number of nitrogens with one attached hydrogen (secondary N) is 4. The summed E-state index contributed by atoms with van der Waals surface area (Å²) in [6.45, 7) is -5.84. The summed E-state index contributed by atoms with van der Waals surface area (Å²) < 4.78 is 87.0. The van der Waals surface area contributed by atoms with Gasteiger partial charge in [-0.1, -0.05) is 0 Å². The summed E-state index contributed by atoms with van der Waals surface area (Å²) in [5, 5.41) is 295. The molecule has 0 unspecified atom stereocenters. The molecule has 8 aliphatic rings. The average Bonchev–Trinajstić information content (AvgIpc) is 0.752. The maximum Gasteiger partial charge on any atom is 0.364 e. The Bertz CT molecular complexity index is 3110. The summed E-state index contributed by atoms with van der Waals surface area (Å²) in [7, 11) is 0. The molecule has 0 aliphatic carbocycles. The van der Waals surface area contributed by atoms with Crippen LogP contribution >= 0.6 is 0 Å². The van der Waals surface area contributed by atoms with Crippen LogP contribution in [0.15, 0.2) is 0 Å². The molecule has 0 aromatic carbocycles. The van der Waals surface area contributed by atoms with Crippen LogP contribution < -0.4 is 21.3 Å². The zero-order valence-electron chi connectivity index (χ0n) is 60.4. The molecular formula is C62H102N4O47. The van der Waals surface area contributed by atoms with E-state index < -0.39 is 358 Å². The van der Waals surface area contributed by atoms with Gasteiger partial charge in [-0.25, -0.2) is 9.59 Å². The van der Waals surface area contributed by atoms with Gasteiger partial charge in [0.05, 0.1) is 77.1 Å². The van der Waals surface area contributed by atoms with E-state index in [0.29, 0.717) is 0 Å². The van der Waals surface area contributed by atoms with Crippen molar-refractivity contribution in [3.8, 4) is 0 Å². The lowest BCUT2D eigenvalue weighted by Gasteiger charge is -2.51. The molecule has 8 saturated heterocycles. The highest BCUT2D eigenvalue weighted by molar-refractivity contribution is 5.78. The van der Waals surface area contributed by atoms with Gasteiger partial charge >= 0.3 is 11.9 Å². The molecule has 0 saturated carbocycles. The van der Waals surface area contributed by atoms with Crippen molar-refractivity contribution >= 4 is 35.6 Å². The van der Waals surface area contributed by atoms with E-state index in [1.165, 1.54) is 0 Å². The van der Waals surface area contributed by atoms with Crippen molar-refractivity contribution < 1.29 is 233 Å². The number of aliphatic carboxylic acids is 2. The van der Waals surface area contributed by atoms with E-state index in [2.05, 4.69) is 21.3 Å². The average molecular weight is 1660 g/mol. The number of aliphatic hydroxyl groups is 24. The van der Waals surface area contributed by atoms with Crippen molar-refractivity contribution in [2.75, 3.05) is 52.9 Å². The fourth-order valence-electron chi connectivity index (χ4n) is 14.4. The van der Waals surface area contributed by atoms with Gasteiger partial charge in [0, 0.05) is 40.5 Å². The van der Waals surface area contributed by atoms with E-state index in [4.69, 9.17) is 71.1 Å². The van der Waals surface area contributed by atoms with Crippen LogP contribution in [0.5, 0.6) is 0 Å². The van der Waals surface area contributed by atoms with Crippen molar-refractivity contribution in [3.05, 3.63) is 0 Å².